The van der Waals surface area contributed by atoms with Crippen molar-refractivity contribution in [2.45, 2.75) is 49.9 Å². The number of hydrogen-bond acceptors (Lipinski definition) is 11. The minimum absolute atomic E-state index is 0.0316. The number of carbonyl (C=O) groups is 1. The number of esters is 1. The predicted octanol–water partition coefficient (Wildman–Crippen LogP) is 2.94. The topological polar surface area (TPSA) is 184 Å². The normalized spacial score (nSPS) is 20.1. The molecule has 13 nitrogen and oxygen atoms in total. The van der Waals surface area contributed by atoms with Crippen molar-refractivity contribution in [2.24, 2.45) is 5.92 Å². The zero-order valence-electron chi connectivity index (χ0n) is 26.8. The average molecular weight is 656 g/mol. The van der Waals surface area contributed by atoms with E-state index in [1.165, 1.54) is 10.9 Å². The third-order valence-corrected chi connectivity index (χ3v) is 8.76. The molecule has 5 aromatic rings. The van der Waals surface area contributed by atoms with Gasteiger partial charge in [-0.3, -0.25) is 19.1 Å². The highest BCUT2D eigenvalue weighted by Gasteiger charge is 2.58. The first-order valence-electron chi connectivity index (χ1n) is 15.4. The van der Waals surface area contributed by atoms with Crippen LogP contribution in [-0.4, -0.2) is 74.3 Å². The van der Waals surface area contributed by atoms with Gasteiger partial charge in [0, 0.05) is 0 Å². The van der Waals surface area contributed by atoms with Crippen molar-refractivity contribution in [2.75, 3.05) is 20.0 Å². The number of nitrogens with one attached hydrogen (secondary N) is 1. The van der Waals surface area contributed by atoms with Crippen LogP contribution in [0.15, 0.2) is 90.0 Å². The Balaban J connectivity index is 1.61. The summed E-state index contributed by atoms with van der Waals surface area (Å²) in [6.45, 7) is 3.42. The van der Waals surface area contributed by atoms with E-state index in [0.29, 0.717) is 28.2 Å². The summed E-state index contributed by atoms with van der Waals surface area (Å²) in [7, 11) is 3.13. The molecule has 0 amide bonds. The molecule has 13 heteroatoms. The SMILES string of the molecule is COc1ccc(C(c2ccccc2)(c2ccc(OC)cc2)C(OC(=O)C(C)C)[C@H]2O[C@@H](n3cnc4c(=O)[nH]c(N)nc43)[C@H](O)[C@@H]2O)cc1. The fourth-order valence-electron chi connectivity index (χ4n) is 6.36. The number of imidazole rings is 1. The van der Waals surface area contributed by atoms with Crippen LogP contribution in [0.4, 0.5) is 5.95 Å². The van der Waals surface area contributed by atoms with E-state index in [1.807, 2.05) is 54.6 Å². The molecule has 0 aliphatic carbocycles. The summed E-state index contributed by atoms with van der Waals surface area (Å²) >= 11 is 0. The van der Waals surface area contributed by atoms with Crippen LogP contribution < -0.4 is 20.8 Å². The van der Waals surface area contributed by atoms with E-state index < -0.39 is 53.5 Å². The summed E-state index contributed by atoms with van der Waals surface area (Å²) in [5.74, 6) is -0.0571. The molecule has 3 aromatic carbocycles. The van der Waals surface area contributed by atoms with Gasteiger partial charge in [0.15, 0.2) is 17.4 Å². The van der Waals surface area contributed by atoms with E-state index in [-0.39, 0.29) is 17.1 Å². The maximum atomic E-state index is 13.7. The van der Waals surface area contributed by atoms with Crippen LogP contribution in [-0.2, 0) is 19.7 Å². The highest BCUT2D eigenvalue weighted by Crippen LogP contribution is 2.49. The summed E-state index contributed by atoms with van der Waals surface area (Å²) < 4.78 is 25.2. The van der Waals surface area contributed by atoms with Gasteiger partial charge in [-0.25, -0.2) is 4.98 Å². The number of aliphatic hydroxyl groups excluding tert-OH is 2. The van der Waals surface area contributed by atoms with Gasteiger partial charge >= 0.3 is 5.97 Å². The van der Waals surface area contributed by atoms with Gasteiger partial charge in [-0.1, -0.05) is 68.4 Å². The first-order valence-corrected chi connectivity index (χ1v) is 15.4. The lowest BCUT2D eigenvalue weighted by molar-refractivity contribution is -0.171. The van der Waals surface area contributed by atoms with Crippen molar-refractivity contribution in [3.8, 4) is 11.5 Å². The number of fused-ring (bicyclic) bond motifs is 1. The number of ether oxygens (including phenoxy) is 4. The number of benzene rings is 3. The summed E-state index contributed by atoms with van der Waals surface area (Å²) in [4.78, 5) is 37.0. The lowest BCUT2D eigenvalue weighted by Gasteiger charge is -2.44. The minimum atomic E-state index is -1.59. The summed E-state index contributed by atoms with van der Waals surface area (Å²) in [6, 6.07) is 24.1. The van der Waals surface area contributed by atoms with Crippen LogP contribution in [0.5, 0.6) is 11.5 Å². The fourth-order valence-corrected chi connectivity index (χ4v) is 6.36. The third-order valence-electron chi connectivity index (χ3n) is 8.76. The summed E-state index contributed by atoms with van der Waals surface area (Å²) in [5, 5.41) is 23.4. The Morgan fingerprint density at radius 1 is 0.917 bits per heavy atom. The van der Waals surface area contributed by atoms with Gasteiger partial charge in [0.1, 0.15) is 35.9 Å². The van der Waals surface area contributed by atoms with Crippen LogP contribution in [0.2, 0.25) is 0 Å². The van der Waals surface area contributed by atoms with Gasteiger partial charge < -0.3 is 34.9 Å². The van der Waals surface area contributed by atoms with Crippen LogP contribution >= 0.6 is 0 Å². The van der Waals surface area contributed by atoms with Gasteiger partial charge in [0.25, 0.3) is 5.56 Å². The Kier molecular flexibility index (Phi) is 8.93. The number of nitrogen functional groups attached to an aromatic ring is 1. The number of aromatic nitrogens is 4. The standard InChI is InChI=1S/C35H37N5O8/c1-19(2)33(44)48-29(28-26(41)27(42)32(47-28)40-18-37-25-30(40)38-34(36)39-31(25)43)35(20-8-6-5-7-9-20,21-10-14-23(45-3)15-11-21)22-12-16-24(46-4)17-13-22/h5-19,26-29,32,41-42H,1-4H3,(H3,36,38,39,43)/t26-,27+,28-,29?,32+/m0/s1. The Morgan fingerprint density at radius 2 is 1.48 bits per heavy atom. The van der Waals surface area contributed by atoms with Gasteiger partial charge in [0.05, 0.1) is 31.9 Å². The summed E-state index contributed by atoms with van der Waals surface area (Å²) in [5.41, 5.74) is 6.01. The van der Waals surface area contributed by atoms with E-state index in [9.17, 15) is 19.8 Å². The van der Waals surface area contributed by atoms with Gasteiger partial charge in [0.2, 0.25) is 5.95 Å². The molecule has 5 N–H and O–H groups in total. The molecule has 3 heterocycles. The van der Waals surface area contributed by atoms with E-state index in [2.05, 4.69) is 15.0 Å². The number of hydrogen-bond donors (Lipinski definition) is 4. The number of rotatable bonds is 10. The van der Waals surface area contributed by atoms with Crippen LogP contribution in [0, 0.1) is 5.92 Å². The second kappa shape index (κ2) is 13.1. The zero-order chi connectivity index (χ0) is 34.2. The molecule has 1 saturated heterocycles. The Hall–Kier alpha value is -5.24. The van der Waals surface area contributed by atoms with Crippen molar-refractivity contribution in [3.05, 3.63) is 112 Å². The smallest absolute Gasteiger partial charge is 0.308 e. The highest BCUT2D eigenvalue weighted by molar-refractivity contribution is 5.73. The molecular weight excluding hydrogens is 618 g/mol. The number of carbonyl (C=O) groups excluding carboxylic acids is 1. The number of nitrogens with zero attached hydrogens (tertiary/aromatic N) is 3. The maximum Gasteiger partial charge on any atom is 0.308 e. The number of anilines is 1. The largest absolute Gasteiger partial charge is 0.497 e. The van der Waals surface area contributed by atoms with E-state index >= 15 is 0 Å². The molecular formula is C35H37N5O8. The number of aliphatic hydroxyl groups is 2. The van der Waals surface area contributed by atoms with Gasteiger partial charge in [-0.05, 0) is 41.0 Å². The van der Waals surface area contributed by atoms with Crippen LogP contribution in [0.1, 0.15) is 36.8 Å². The van der Waals surface area contributed by atoms with Gasteiger partial charge in [-0.15, -0.1) is 0 Å². The third kappa shape index (κ3) is 5.55. The van der Waals surface area contributed by atoms with E-state index in [0.717, 1.165) is 0 Å². The van der Waals surface area contributed by atoms with Crippen molar-refractivity contribution >= 4 is 23.1 Å². The van der Waals surface area contributed by atoms with Crippen molar-refractivity contribution < 1.29 is 34.0 Å². The quantitative estimate of drug-likeness (QED) is 0.128. The minimum Gasteiger partial charge on any atom is -0.497 e. The second-order valence-corrected chi connectivity index (χ2v) is 11.9. The molecule has 0 bridgehead atoms. The van der Waals surface area contributed by atoms with Crippen molar-refractivity contribution in [1.29, 1.82) is 0 Å². The number of H-pyrrole nitrogens is 1. The maximum absolute atomic E-state index is 13.7. The molecule has 1 aliphatic rings. The highest BCUT2D eigenvalue weighted by atomic mass is 16.6. The molecule has 2 aromatic heterocycles. The number of aromatic amines is 1. The first-order chi connectivity index (χ1) is 23.1. The molecule has 0 saturated carbocycles. The molecule has 5 atom stereocenters. The molecule has 250 valence electrons. The second-order valence-electron chi connectivity index (χ2n) is 11.9. The van der Waals surface area contributed by atoms with Crippen LogP contribution in [0.25, 0.3) is 11.2 Å². The number of methoxy groups -OCH3 is 2. The molecule has 1 aliphatic heterocycles. The van der Waals surface area contributed by atoms with Crippen molar-refractivity contribution in [3.63, 3.8) is 0 Å². The molecule has 48 heavy (non-hydrogen) atoms. The molecule has 1 unspecified atom stereocenters. The molecule has 0 radical (unpaired) electrons. The lowest BCUT2D eigenvalue weighted by atomic mass is 9.63. The summed E-state index contributed by atoms with van der Waals surface area (Å²) in [6.07, 6.45) is -5.76. The lowest BCUT2D eigenvalue weighted by Crippen LogP contribution is -2.54. The first kappa shape index (κ1) is 32.7. The number of nitrogens with two attached hydrogens (primary N) is 1. The predicted molar refractivity (Wildman–Crippen MR) is 176 cm³/mol. The Bertz CT molecular complexity index is 1890. The zero-order valence-corrected chi connectivity index (χ0v) is 26.8. The molecule has 6 rings (SSSR count). The fraction of sp³-hybridized carbons (Fsp3) is 0.314. The van der Waals surface area contributed by atoms with Crippen molar-refractivity contribution in [1.82, 2.24) is 19.5 Å². The Labute approximate surface area is 275 Å². The monoisotopic (exact) mass is 655 g/mol. The Morgan fingerprint density at radius 3 is 2.02 bits per heavy atom. The van der Waals surface area contributed by atoms with E-state index in [1.54, 1.807) is 52.3 Å². The molecule has 0 spiro atoms. The van der Waals surface area contributed by atoms with Crippen LogP contribution in [0.3, 0.4) is 0 Å². The average Bonchev–Trinajstić information content (AvgIpc) is 3.65. The van der Waals surface area contributed by atoms with Gasteiger partial charge in [-0.2, -0.15) is 4.98 Å². The van der Waals surface area contributed by atoms with E-state index in [4.69, 9.17) is 24.7 Å². The molecule has 1 fully saturated rings.